The van der Waals surface area contributed by atoms with Gasteiger partial charge in [0.25, 0.3) is 5.91 Å². The standard InChI is InChI=1S/C23H26ClN3O5S/c1-13-10-19-20(32-15(3)22(28)26-19)11-21(13)33(30,31)27-9-5-6-16(12-27)23(29)25-18-8-4-7-17(24)14(18)2/h4,7-8,10-11,15-16H,5-6,9,12H2,1-3H3,(H,25,29)(H,26,28)/t15-,16-/m1/s1. The van der Waals surface area contributed by atoms with Crippen molar-refractivity contribution in [1.29, 1.82) is 0 Å². The second-order valence-corrected chi connectivity index (χ2v) is 10.8. The average Bonchev–Trinajstić information content (AvgIpc) is 2.77. The lowest BCUT2D eigenvalue weighted by molar-refractivity contribution is -0.123. The lowest BCUT2D eigenvalue weighted by Gasteiger charge is -2.32. The van der Waals surface area contributed by atoms with E-state index in [1.165, 1.54) is 10.4 Å². The summed E-state index contributed by atoms with van der Waals surface area (Å²) < 4.78 is 33.9. The van der Waals surface area contributed by atoms with Gasteiger partial charge in [-0.2, -0.15) is 4.31 Å². The van der Waals surface area contributed by atoms with Crippen LogP contribution in [0.25, 0.3) is 0 Å². The number of hydrogen-bond donors (Lipinski definition) is 2. The lowest BCUT2D eigenvalue weighted by Crippen LogP contribution is -2.44. The van der Waals surface area contributed by atoms with Gasteiger partial charge in [-0.15, -0.1) is 0 Å². The fraction of sp³-hybridized carbons (Fsp3) is 0.391. The number of ether oxygens (including phenoxy) is 1. The van der Waals surface area contributed by atoms with Crippen LogP contribution in [-0.2, 0) is 19.6 Å². The van der Waals surface area contributed by atoms with Gasteiger partial charge in [-0.05, 0) is 62.9 Å². The van der Waals surface area contributed by atoms with Crippen molar-refractivity contribution >= 4 is 44.8 Å². The molecule has 0 unspecified atom stereocenters. The van der Waals surface area contributed by atoms with Gasteiger partial charge in [-0.3, -0.25) is 9.59 Å². The zero-order valence-corrected chi connectivity index (χ0v) is 20.2. The summed E-state index contributed by atoms with van der Waals surface area (Å²) in [5.74, 6) is -0.686. The molecule has 0 bridgehead atoms. The number of aryl methyl sites for hydroxylation is 1. The van der Waals surface area contributed by atoms with Crippen molar-refractivity contribution in [2.75, 3.05) is 23.7 Å². The Morgan fingerprint density at radius 1 is 1.27 bits per heavy atom. The van der Waals surface area contributed by atoms with Crippen LogP contribution >= 0.6 is 11.6 Å². The van der Waals surface area contributed by atoms with Gasteiger partial charge in [-0.25, -0.2) is 8.42 Å². The van der Waals surface area contributed by atoms with E-state index < -0.39 is 22.0 Å². The van der Waals surface area contributed by atoms with Crippen molar-refractivity contribution in [2.45, 2.75) is 44.6 Å². The Kier molecular flexibility index (Phi) is 6.39. The third kappa shape index (κ3) is 4.58. The molecule has 2 heterocycles. The minimum absolute atomic E-state index is 0.0816. The minimum Gasteiger partial charge on any atom is -0.479 e. The van der Waals surface area contributed by atoms with Gasteiger partial charge >= 0.3 is 0 Å². The third-order valence-electron chi connectivity index (χ3n) is 6.11. The predicted molar refractivity (Wildman–Crippen MR) is 126 cm³/mol. The predicted octanol–water partition coefficient (Wildman–Crippen LogP) is 3.72. The fourth-order valence-electron chi connectivity index (χ4n) is 4.11. The van der Waals surface area contributed by atoms with E-state index in [9.17, 15) is 18.0 Å². The van der Waals surface area contributed by atoms with Gasteiger partial charge in [0.05, 0.1) is 16.5 Å². The molecule has 10 heteroatoms. The molecule has 2 atom stereocenters. The molecule has 2 aliphatic rings. The molecule has 2 aliphatic heterocycles. The molecule has 33 heavy (non-hydrogen) atoms. The number of benzene rings is 2. The molecule has 0 spiro atoms. The molecule has 0 radical (unpaired) electrons. The van der Waals surface area contributed by atoms with Crippen molar-refractivity contribution in [3.05, 3.63) is 46.5 Å². The highest BCUT2D eigenvalue weighted by Gasteiger charge is 2.35. The number of sulfonamides is 1. The number of fused-ring (bicyclic) bond motifs is 1. The molecular formula is C23H26ClN3O5S. The van der Waals surface area contributed by atoms with Gasteiger partial charge in [0.15, 0.2) is 6.10 Å². The lowest BCUT2D eigenvalue weighted by atomic mass is 9.98. The van der Waals surface area contributed by atoms with E-state index in [0.29, 0.717) is 47.1 Å². The van der Waals surface area contributed by atoms with E-state index in [1.807, 2.05) is 6.92 Å². The summed E-state index contributed by atoms with van der Waals surface area (Å²) in [6, 6.07) is 8.33. The first-order valence-corrected chi connectivity index (χ1v) is 12.6. The maximum Gasteiger partial charge on any atom is 0.265 e. The Labute approximate surface area is 198 Å². The van der Waals surface area contributed by atoms with Crippen LogP contribution in [0.4, 0.5) is 11.4 Å². The minimum atomic E-state index is -3.87. The second kappa shape index (κ2) is 8.96. The molecule has 176 valence electrons. The first-order chi connectivity index (χ1) is 15.6. The zero-order chi connectivity index (χ0) is 23.9. The molecule has 1 fully saturated rings. The zero-order valence-electron chi connectivity index (χ0n) is 18.6. The summed E-state index contributed by atoms with van der Waals surface area (Å²) in [4.78, 5) is 24.9. The van der Waals surface area contributed by atoms with Crippen LogP contribution in [0.3, 0.4) is 0 Å². The number of amides is 2. The first-order valence-electron chi connectivity index (χ1n) is 10.8. The Bertz CT molecular complexity index is 1230. The second-order valence-electron chi connectivity index (χ2n) is 8.47. The highest BCUT2D eigenvalue weighted by atomic mass is 35.5. The molecular weight excluding hydrogens is 466 g/mol. The summed E-state index contributed by atoms with van der Waals surface area (Å²) in [5, 5.41) is 6.17. The molecule has 0 saturated carbocycles. The number of rotatable bonds is 4. The van der Waals surface area contributed by atoms with Crippen molar-refractivity contribution < 1.29 is 22.7 Å². The average molecular weight is 492 g/mol. The first kappa shape index (κ1) is 23.5. The van der Waals surface area contributed by atoms with Crippen LogP contribution in [0.1, 0.15) is 30.9 Å². The van der Waals surface area contributed by atoms with Crippen molar-refractivity contribution in [1.82, 2.24) is 4.31 Å². The monoisotopic (exact) mass is 491 g/mol. The topological polar surface area (TPSA) is 105 Å². The van der Waals surface area contributed by atoms with Crippen LogP contribution in [-0.4, -0.2) is 43.7 Å². The summed E-state index contributed by atoms with van der Waals surface area (Å²) in [6.07, 6.45) is 0.445. The molecule has 2 aromatic rings. The number of nitrogens with one attached hydrogen (secondary N) is 2. The largest absolute Gasteiger partial charge is 0.479 e. The molecule has 0 aliphatic carbocycles. The Morgan fingerprint density at radius 3 is 2.79 bits per heavy atom. The Hall–Kier alpha value is -2.62. The van der Waals surface area contributed by atoms with E-state index >= 15 is 0 Å². The summed E-state index contributed by atoms with van der Waals surface area (Å²) in [5.41, 5.74) is 2.32. The Morgan fingerprint density at radius 2 is 2.03 bits per heavy atom. The molecule has 0 aromatic heterocycles. The number of nitrogens with zero attached hydrogens (tertiary/aromatic N) is 1. The van der Waals surface area contributed by atoms with Crippen molar-refractivity contribution in [2.24, 2.45) is 5.92 Å². The van der Waals surface area contributed by atoms with E-state index in [1.54, 1.807) is 38.1 Å². The highest BCUT2D eigenvalue weighted by molar-refractivity contribution is 7.89. The normalized spacial score (nSPS) is 21.0. The van der Waals surface area contributed by atoms with E-state index in [4.69, 9.17) is 16.3 Å². The van der Waals surface area contributed by atoms with Crippen molar-refractivity contribution in [3.63, 3.8) is 0 Å². The maximum absolute atomic E-state index is 13.5. The molecule has 2 aromatic carbocycles. The van der Waals surface area contributed by atoms with Gasteiger partial charge < -0.3 is 15.4 Å². The molecule has 2 N–H and O–H groups in total. The number of hydrogen-bond acceptors (Lipinski definition) is 5. The van der Waals surface area contributed by atoms with E-state index in [-0.39, 0.29) is 23.3 Å². The van der Waals surface area contributed by atoms with Gasteiger partial charge in [0, 0.05) is 29.9 Å². The van der Waals surface area contributed by atoms with Crippen LogP contribution in [0.2, 0.25) is 5.02 Å². The number of carbonyl (C=O) groups excluding carboxylic acids is 2. The number of halogens is 1. The van der Waals surface area contributed by atoms with Crippen LogP contribution in [0, 0.1) is 19.8 Å². The molecule has 1 saturated heterocycles. The quantitative estimate of drug-likeness (QED) is 0.678. The van der Waals surface area contributed by atoms with Gasteiger partial charge in [0.2, 0.25) is 15.9 Å². The number of piperidine rings is 1. The van der Waals surface area contributed by atoms with E-state index in [2.05, 4.69) is 10.6 Å². The summed E-state index contributed by atoms with van der Waals surface area (Å²) >= 11 is 6.14. The number of anilines is 2. The summed E-state index contributed by atoms with van der Waals surface area (Å²) in [7, 11) is -3.87. The van der Waals surface area contributed by atoms with Crippen LogP contribution < -0.4 is 15.4 Å². The van der Waals surface area contributed by atoms with Crippen molar-refractivity contribution in [3.8, 4) is 5.75 Å². The maximum atomic E-state index is 13.5. The Balaban J connectivity index is 1.55. The third-order valence-corrected chi connectivity index (χ3v) is 8.52. The van der Waals surface area contributed by atoms with Crippen LogP contribution in [0.5, 0.6) is 5.75 Å². The molecule has 8 nitrogen and oxygen atoms in total. The van der Waals surface area contributed by atoms with Crippen LogP contribution in [0.15, 0.2) is 35.2 Å². The molecule has 4 rings (SSSR count). The van der Waals surface area contributed by atoms with Gasteiger partial charge in [-0.1, -0.05) is 17.7 Å². The molecule has 2 amide bonds. The smallest absolute Gasteiger partial charge is 0.265 e. The fourth-order valence-corrected chi connectivity index (χ4v) is 6.03. The van der Waals surface area contributed by atoms with Gasteiger partial charge in [0.1, 0.15) is 5.75 Å². The number of carbonyl (C=O) groups is 2. The SMILES string of the molecule is Cc1cc2c(cc1S(=O)(=O)N1CCC[C@@H](C(=O)Nc3cccc(Cl)c3C)C1)O[C@H](C)C(=O)N2. The summed E-state index contributed by atoms with van der Waals surface area (Å²) in [6.45, 7) is 5.50. The highest BCUT2D eigenvalue weighted by Crippen LogP contribution is 2.36. The van der Waals surface area contributed by atoms with E-state index in [0.717, 1.165) is 5.56 Å².